The van der Waals surface area contributed by atoms with Crippen LogP contribution in [0.4, 0.5) is 15.8 Å². The number of benzene rings is 3. The molecule has 4 rings (SSSR count). The first-order chi connectivity index (χ1) is 16.9. The van der Waals surface area contributed by atoms with Gasteiger partial charge in [-0.3, -0.25) is 14.4 Å². The van der Waals surface area contributed by atoms with Crippen LogP contribution < -0.4 is 15.0 Å². The number of rotatable bonds is 7. The average Bonchev–Trinajstić information content (AvgIpc) is 2.89. The molecule has 35 heavy (non-hydrogen) atoms. The molecule has 2 amide bonds. The van der Waals surface area contributed by atoms with E-state index in [1.54, 1.807) is 35.2 Å². The third-order valence-corrected chi connectivity index (χ3v) is 5.83. The number of carbonyl (C=O) groups is 3. The molecule has 0 saturated carbocycles. The number of nitrogens with one attached hydrogen (secondary N) is 1. The van der Waals surface area contributed by atoms with Crippen molar-refractivity contribution in [3.05, 3.63) is 89.7 Å². The third kappa shape index (κ3) is 5.84. The van der Waals surface area contributed by atoms with Gasteiger partial charge in [0.2, 0.25) is 0 Å². The number of ketones is 1. The van der Waals surface area contributed by atoms with E-state index in [9.17, 15) is 18.8 Å². The molecule has 0 bridgehead atoms. The molecule has 1 aliphatic rings. The van der Waals surface area contributed by atoms with Crippen molar-refractivity contribution in [2.45, 2.75) is 6.92 Å². The summed E-state index contributed by atoms with van der Waals surface area (Å²) in [5.74, 6) is -0.921. The van der Waals surface area contributed by atoms with E-state index in [2.05, 4.69) is 10.2 Å². The van der Waals surface area contributed by atoms with Gasteiger partial charge in [-0.05, 0) is 55.5 Å². The van der Waals surface area contributed by atoms with E-state index in [0.29, 0.717) is 43.1 Å². The molecule has 1 aliphatic heterocycles. The molecule has 1 fully saturated rings. The maximum Gasteiger partial charge on any atom is 0.262 e. The first-order valence-electron chi connectivity index (χ1n) is 11.3. The predicted octanol–water partition coefficient (Wildman–Crippen LogP) is 4.01. The van der Waals surface area contributed by atoms with Crippen LogP contribution in [0, 0.1) is 5.82 Å². The van der Waals surface area contributed by atoms with Crippen molar-refractivity contribution < 1.29 is 23.5 Å². The maximum atomic E-state index is 13.8. The zero-order valence-corrected chi connectivity index (χ0v) is 19.4. The van der Waals surface area contributed by atoms with Crippen LogP contribution in [-0.2, 0) is 4.79 Å². The normalized spacial score (nSPS) is 13.3. The van der Waals surface area contributed by atoms with Crippen LogP contribution in [0.3, 0.4) is 0 Å². The van der Waals surface area contributed by atoms with Crippen LogP contribution in [0.5, 0.6) is 5.75 Å². The van der Waals surface area contributed by atoms with Crippen LogP contribution in [0.2, 0.25) is 0 Å². The van der Waals surface area contributed by atoms with E-state index >= 15 is 0 Å². The van der Waals surface area contributed by atoms with E-state index in [-0.39, 0.29) is 24.0 Å². The number of halogens is 1. The van der Waals surface area contributed by atoms with E-state index in [1.165, 1.54) is 25.1 Å². The lowest BCUT2D eigenvalue weighted by Crippen LogP contribution is -2.48. The van der Waals surface area contributed by atoms with Crippen molar-refractivity contribution in [3.8, 4) is 5.75 Å². The monoisotopic (exact) mass is 475 g/mol. The predicted molar refractivity (Wildman–Crippen MR) is 132 cm³/mol. The highest BCUT2D eigenvalue weighted by Gasteiger charge is 2.24. The zero-order chi connectivity index (χ0) is 24.8. The van der Waals surface area contributed by atoms with Crippen LogP contribution in [-0.4, -0.2) is 55.3 Å². The molecule has 180 valence electrons. The number of nitrogens with zero attached hydrogens (tertiary/aromatic N) is 2. The van der Waals surface area contributed by atoms with Gasteiger partial charge in [0.05, 0.1) is 11.3 Å². The molecule has 3 aromatic rings. The number of Topliss-reactive ketones (excluding diaryl/α,β-unsaturated/α-hetero) is 1. The molecule has 0 aromatic heterocycles. The first kappa shape index (κ1) is 23.9. The fraction of sp³-hybridized carbons (Fsp3) is 0.222. The molecule has 1 saturated heterocycles. The van der Waals surface area contributed by atoms with Crippen molar-refractivity contribution in [3.63, 3.8) is 0 Å². The fourth-order valence-electron chi connectivity index (χ4n) is 3.91. The Bertz CT molecular complexity index is 1220. The SMILES string of the molecule is CC(=O)c1ccc(N2CCN(C(=O)c3ccccc3OCC(=O)Nc3ccccc3F)CC2)cc1. The Kier molecular flexibility index (Phi) is 7.40. The van der Waals surface area contributed by atoms with Gasteiger partial charge in [0.15, 0.2) is 12.4 Å². The topological polar surface area (TPSA) is 79.0 Å². The molecule has 8 heteroatoms. The van der Waals surface area contributed by atoms with Gasteiger partial charge in [-0.2, -0.15) is 0 Å². The molecule has 0 atom stereocenters. The summed E-state index contributed by atoms with van der Waals surface area (Å²) in [6.07, 6.45) is 0. The Labute approximate surface area is 203 Å². The summed E-state index contributed by atoms with van der Waals surface area (Å²) in [6, 6.07) is 20.1. The Morgan fingerprint density at radius 2 is 1.54 bits per heavy atom. The summed E-state index contributed by atoms with van der Waals surface area (Å²) in [5.41, 5.74) is 2.11. The molecule has 7 nitrogen and oxygen atoms in total. The number of ether oxygens (including phenoxy) is 1. The smallest absolute Gasteiger partial charge is 0.262 e. The van der Waals surface area contributed by atoms with Gasteiger partial charge in [-0.1, -0.05) is 24.3 Å². The second-order valence-corrected chi connectivity index (χ2v) is 8.20. The van der Waals surface area contributed by atoms with Crippen LogP contribution in [0.1, 0.15) is 27.6 Å². The van der Waals surface area contributed by atoms with Gasteiger partial charge in [0, 0.05) is 37.4 Å². The molecule has 3 aromatic carbocycles. The fourth-order valence-corrected chi connectivity index (χ4v) is 3.91. The van der Waals surface area contributed by atoms with Crippen LogP contribution in [0.25, 0.3) is 0 Å². The van der Waals surface area contributed by atoms with E-state index in [0.717, 1.165) is 5.69 Å². The number of carbonyl (C=O) groups excluding carboxylic acids is 3. The molecule has 1 heterocycles. The number of para-hydroxylation sites is 2. The van der Waals surface area contributed by atoms with Crippen molar-refractivity contribution in [1.29, 1.82) is 0 Å². The average molecular weight is 476 g/mol. The van der Waals surface area contributed by atoms with Crippen molar-refractivity contribution >= 4 is 29.0 Å². The van der Waals surface area contributed by atoms with Gasteiger partial charge in [0.25, 0.3) is 11.8 Å². The lowest BCUT2D eigenvalue weighted by atomic mass is 10.1. The Morgan fingerprint density at radius 3 is 2.23 bits per heavy atom. The Balaban J connectivity index is 1.35. The van der Waals surface area contributed by atoms with E-state index in [4.69, 9.17) is 4.74 Å². The molecule has 0 unspecified atom stereocenters. The molecule has 0 spiro atoms. The zero-order valence-electron chi connectivity index (χ0n) is 19.4. The maximum absolute atomic E-state index is 13.8. The molecule has 0 radical (unpaired) electrons. The molecule has 0 aliphatic carbocycles. The summed E-state index contributed by atoms with van der Waals surface area (Å²) in [5, 5.41) is 2.46. The largest absolute Gasteiger partial charge is 0.483 e. The second-order valence-electron chi connectivity index (χ2n) is 8.20. The third-order valence-electron chi connectivity index (χ3n) is 5.83. The minimum atomic E-state index is -0.537. The second kappa shape index (κ2) is 10.8. The number of hydrogen-bond donors (Lipinski definition) is 1. The lowest BCUT2D eigenvalue weighted by Gasteiger charge is -2.36. The van der Waals surface area contributed by atoms with Gasteiger partial charge < -0.3 is 19.9 Å². The Morgan fingerprint density at radius 1 is 0.886 bits per heavy atom. The van der Waals surface area contributed by atoms with Crippen molar-refractivity contribution in [1.82, 2.24) is 4.90 Å². The standard InChI is InChI=1S/C27H26FN3O4/c1-19(32)20-10-12-21(13-11-20)30-14-16-31(17-15-30)27(34)22-6-2-5-9-25(22)35-18-26(33)29-24-8-4-3-7-23(24)28/h2-13H,14-18H2,1H3,(H,29,33). The molecular formula is C27H26FN3O4. The van der Waals surface area contributed by atoms with Crippen molar-refractivity contribution in [2.24, 2.45) is 0 Å². The van der Waals surface area contributed by atoms with Gasteiger partial charge in [-0.15, -0.1) is 0 Å². The number of anilines is 2. The van der Waals surface area contributed by atoms with E-state index in [1.807, 2.05) is 24.3 Å². The summed E-state index contributed by atoms with van der Waals surface area (Å²) in [4.78, 5) is 40.8. The minimum Gasteiger partial charge on any atom is -0.483 e. The lowest BCUT2D eigenvalue weighted by molar-refractivity contribution is -0.118. The summed E-state index contributed by atoms with van der Waals surface area (Å²) >= 11 is 0. The summed E-state index contributed by atoms with van der Waals surface area (Å²) in [7, 11) is 0. The quantitative estimate of drug-likeness (QED) is 0.523. The number of hydrogen-bond acceptors (Lipinski definition) is 5. The summed E-state index contributed by atoms with van der Waals surface area (Å²) < 4.78 is 19.4. The molecular weight excluding hydrogens is 449 g/mol. The van der Waals surface area contributed by atoms with Crippen LogP contribution >= 0.6 is 0 Å². The van der Waals surface area contributed by atoms with Gasteiger partial charge in [0.1, 0.15) is 11.6 Å². The molecule has 1 N–H and O–H groups in total. The summed E-state index contributed by atoms with van der Waals surface area (Å²) in [6.45, 7) is 3.53. The minimum absolute atomic E-state index is 0.0255. The van der Waals surface area contributed by atoms with Gasteiger partial charge >= 0.3 is 0 Å². The highest BCUT2D eigenvalue weighted by Crippen LogP contribution is 2.23. The number of piperazine rings is 1. The van der Waals surface area contributed by atoms with Gasteiger partial charge in [-0.25, -0.2) is 4.39 Å². The first-order valence-corrected chi connectivity index (χ1v) is 11.3. The van der Waals surface area contributed by atoms with Crippen molar-refractivity contribution in [2.75, 3.05) is 43.0 Å². The number of amides is 2. The van der Waals surface area contributed by atoms with Crippen LogP contribution in [0.15, 0.2) is 72.8 Å². The van der Waals surface area contributed by atoms with E-state index < -0.39 is 11.7 Å². The highest BCUT2D eigenvalue weighted by molar-refractivity contribution is 5.97. The highest BCUT2D eigenvalue weighted by atomic mass is 19.1. The Hall–Kier alpha value is -4.20.